The van der Waals surface area contributed by atoms with Crippen LogP contribution in [0.5, 0.6) is 0 Å². The number of H-pyrrole nitrogens is 1. The number of aryl methyl sites for hydroxylation is 3. The van der Waals surface area contributed by atoms with Gasteiger partial charge in [-0.3, -0.25) is 0 Å². The number of rotatable bonds is 2. The van der Waals surface area contributed by atoms with Crippen LogP contribution < -0.4 is 5.32 Å². The van der Waals surface area contributed by atoms with Crippen LogP contribution in [-0.4, -0.2) is 16.5 Å². The van der Waals surface area contributed by atoms with Crippen molar-refractivity contribution in [2.24, 2.45) is 0 Å². The van der Waals surface area contributed by atoms with Gasteiger partial charge in [0, 0.05) is 11.3 Å². The summed E-state index contributed by atoms with van der Waals surface area (Å²) in [5, 5.41) is 3.56. The van der Waals surface area contributed by atoms with Crippen LogP contribution in [0.15, 0.2) is 18.2 Å². The second-order valence-corrected chi connectivity index (χ2v) is 5.92. The Bertz CT molecular complexity index is 607. The van der Waals surface area contributed by atoms with Crippen LogP contribution in [0, 0.1) is 20.8 Å². The fourth-order valence-electron chi connectivity index (χ4n) is 3.08. The van der Waals surface area contributed by atoms with Gasteiger partial charge in [0.25, 0.3) is 0 Å². The molecule has 1 aromatic carbocycles. The standard InChI is InChI=1S/C17H23N3/c1-11-7-8-14(12(2)10-11)16-13(3)19-17(20-16)15-6-4-5-9-18-15/h7-8,10,15,18H,4-6,9H2,1-3H3,(H,19,20). The molecule has 3 heteroatoms. The third-order valence-corrected chi connectivity index (χ3v) is 4.18. The Labute approximate surface area is 120 Å². The first-order chi connectivity index (χ1) is 9.65. The van der Waals surface area contributed by atoms with Gasteiger partial charge in [-0.2, -0.15) is 0 Å². The van der Waals surface area contributed by atoms with Gasteiger partial charge >= 0.3 is 0 Å². The van der Waals surface area contributed by atoms with E-state index in [1.165, 1.54) is 41.6 Å². The van der Waals surface area contributed by atoms with E-state index in [1.54, 1.807) is 0 Å². The lowest BCUT2D eigenvalue weighted by atomic mass is 10.0. The number of nitrogens with one attached hydrogen (secondary N) is 2. The van der Waals surface area contributed by atoms with E-state index < -0.39 is 0 Å². The minimum absolute atomic E-state index is 0.391. The van der Waals surface area contributed by atoms with Gasteiger partial charge in [0.05, 0.1) is 11.7 Å². The predicted molar refractivity (Wildman–Crippen MR) is 82.8 cm³/mol. The average molecular weight is 269 g/mol. The molecule has 0 bridgehead atoms. The molecule has 2 heterocycles. The van der Waals surface area contributed by atoms with Crippen LogP contribution in [0.4, 0.5) is 0 Å². The van der Waals surface area contributed by atoms with E-state index >= 15 is 0 Å². The van der Waals surface area contributed by atoms with Crippen molar-refractivity contribution in [2.75, 3.05) is 6.54 Å². The van der Waals surface area contributed by atoms with Crippen LogP contribution in [0.1, 0.15) is 47.9 Å². The molecule has 3 rings (SSSR count). The van der Waals surface area contributed by atoms with E-state index in [9.17, 15) is 0 Å². The highest BCUT2D eigenvalue weighted by Crippen LogP contribution is 2.29. The molecule has 0 saturated carbocycles. The maximum absolute atomic E-state index is 4.88. The van der Waals surface area contributed by atoms with E-state index in [-0.39, 0.29) is 0 Å². The van der Waals surface area contributed by atoms with Gasteiger partial charge < -0.3 is 10.3 Å². The third-order valence-electron chi connectivity index (χ3n) is 4.18. The Kier molecular flexibility index (Phi) is 3.62. The Morgan fingerprint density at radius 3 is 2.70 bits per heavy atom. The molecule has 1 aliphatic heterocycles. The molecule has 1 saturated heterocycles. The molecule has 1 aromatic heterocycles. The van der Waals surface area contributed by atoms with E-state index in [4.69, 9.17) is 4.98 Å². The number of piperidine rings is 1. The fraction of sp³-hybridized carbons (Fsp3) is 0.471. The summed E-state index contributed by atoms with van der Waals surface area (Å²) in [7, 11) is 0. The Morgan fingerprint density at radius 1 is 1.15 bits per heavy atom. The fourth-order valence-corrected chi connectivity index (χ4v) is 3.08. The van der Waals surface area contributed by atoms with Crippen molar-refractivity contribution in [3.05, 3.63) is 40.8 Å². The number of aromatic amines is 1. The minimum atomic E-state index is 0.391. The van der Waals surface area contributed by atoms with Crippen LogP contribution >= 0.6 is 0 Å². The van der Waals surface area contributed by atoms with Crippen LogP contribution in [-0.2, 0) is 0 Å². The lowest BCUT2D eigenvalue weighted by Gasteiger charge is -2.21. The number of hydrogen-bond donors (Lipinski definition) is 2. The summed E-state index contributed by atoms with van der Waals surface area (Å²) in [6, 6.07) is 6.96. The van der Waals surface area contributed by atoms with Crippen molar-refractivity contribution in [3.63, 3.8) is 0 Å². The predicted octanol–water partition coefficient (Wildman–Crippen LogP) is 3.82. The van der Waals surface area contributed by atoms with Crippen molar-refractivity contribution in [1.29, 1.82) is 0 Å². The topological polar surface area (TPSA) is 40.7 Å². The first-order valence-corrected chi connectivity index (χ1v) is 7.52. The first-order valence-electron chi connectivity index (χ1n) is 7.52. The molecule has 1 aliphatic rings. The maximum atomic E-state index is 4.88. The largest absolute Gasteiger partial charge is 0.344 e. The first kappa shape index (κ1) is 13.4. The smallest absolute Gasteiger partial charge is 0.124 e. The van der Waals surface area contributed by atoms with Crippen LogP contribution in [0.25, 0.3) is 11.3 Å². The molecule has 0 amide bonds. The second-order valence-electron chi connectivity index (χ2n) is 5.92. The summed E-state index contributed by atoms with van der Waals surface area (Å²) in [5.41, 5.74) is 6.10. The van der Waals surface area contributed by atoms with E-state index in [0.717, 1.165) is 18.1 Å². The summed E-state index contributed by atoms with van der Waals surface area (Å²) in [4.78, 5) is 8.36. The quantitative estimate of drug-likeness (QED) is 0.870. The van der Waals surface area contributed by atoms with Gasteiger partial charge in [0.1, 0.15) is 5.82 Å². The number of hydrogen-bond acceptors (Lipinski definition) is 2. The van der Waals surface area contributed by atoms with Gasteiger partial charge in [0.2, 0.25) is 0 Å². The summed E-state index contributed by atoms with van der Waals surface area (Å²) in [6.07, 6.45) is 3.75. The van der Waals surface area contributed by atoms with Crippen molar-refractivity contribution < 1.29 is 0 Å². The highest BCUT2D eigenvalue weighted by Gasteiger charge is 2.20. The highest BCUT2D eigenvalue weighted by molar-refractivity contribution is 5.66. The van der Waals surface area contributed by atoms with E-state index in [1.807, 2.05) is 0 Å². The zero-order valence-electron chi connectivity index (χ0n) is 12.6. The van der Waals surface area contributed by atoms with Gasteiger partial charge in [-0.05, 0) is 45.7 Å². The minimum Gasteiger partial charge on any atom is -0.344 e. The highest BCUT2D eigenvalue weighted by atomic mass is 15.0. The molecule has 106 valence electrons. The molecule has 3 nitrogen and oxygen atoms in total. The number of nitrogens with zero attached hydrogens (tertiary/aromatic N) is 1. The molecule has 0 aliphatic carbocycles. The van der Waals surface area contributed by atoms with Crippen molar-refractivity contribution in [2.45, 2.75) is 46.1 Å². The number of aromatic nitrogens is 2. The monoisotopic (exact) mass is 269 g/mol. The molecule has 1 atom stereocenters. The second kappa shape index (κ2) is 5.41. The molecule has 2 N–H and O–H groups in total. The maximum Gasteiger partial charge on any atom is 0.124 e. The van der Waals surface area contributed by atoms with E-state index in [2.05, 4.69) is 49.3 Å². The lowest BCUT2D eigenvalue weighted by molar-refractivity contribution is 0.399. The summed E-state index contributed by atoms with van der Waals surface area (Å²) >= 11 is 0. The Balaban J connectivity index is 1.95. The molecular weight excluding hydrogens is 246 g/mol. The normalized spacial score (nSPS) is 19.2. The molecule has 0 radical (unpaired) electrons. The zero-order chi connectivity index (χ0) is 14.1. The van der Waals surface area contributed by atoms with E-state index in [0.29, 0.717) is 6.04 Å². The average Bonchev–Trinajstić information content (AvgIpc) is 2.82. The van der Waals surface area contributed by atoms with Gasteiger partial charge in [-0.15, -0.1) is 0 Å². The molecule has 1 fully saturated rings. The third kappa shape index (κ3) is 2.50. The molecule has 1 unspecified atom stereocenters. The molecule has 2 aromatic rings. The number of imidazole rings is 1. The summed E-state index contributed by atoms with van der Waals surface area (Å²) in [5.74, 6) is 1.09. The van der Waals surface area contributed by atoms with Crippen LogP contribution in [0.2, 0.25) is 0 Å². The van der Waals surface area contributed by atoms with Gasteiger partial charge in [-0.1, -0.05) is 30.2 Å². The van der Waals surface area contributed by atoms with Crippen molar-refractivity contribution in [3.8, 4) is 11.3 Å². The van der Waals surface area contributed by atoms with Gasteiger partial charge in [-0.25, -0.2) is 4.98 Å². The molecule has 0 spiro atoms. The Morgan fingerprint density at radius 2 is 2.00 bits per heavy atom. The zero-order valence-corrected chi connectivity index (χ0v) is 12.6. The lowest BCUT2D eigenvalue weighted by Crippen LogP contribution is -2.27. The number of benzene rings is 1. The van der Waals surface area contributed by atoms with Crippen molar-refractivity contribution >= 4 is 0 Å². The van der Waals surface area contributed by atoms with Crippen molar-refractivity contribution in [1.82, 2.24) is 15.3 Å². The van der Waals surface area contributed by atoms with Crippen LogP contribution in [0.3, 0.4) is 0 Å². The SMILES string of the molecule is Cc1ccc(-c2nc(C3CCCCN3)[nH]c2C)c(C)c1. The van der Waals surface area contributed by atoms with Gasteiger partial charge in [0.15, 0.2) is 0 Å². The summed E-state index contributed by atoms with van der Waals surface area (Å²) in [6.45, 7) is 7.51. The Hall–Kier alpha value is -1.61. The summed E-state index contributed by atoms with van der Waals surface area (Å²) < 4.78 is 0. The molecular formula is C17H23N3. The molecule has 20 heavy (non-hydrogen) atoms.